The smallest absolute Gasteiger partial charge is 0.471 e. The third-order valence-corrected chi connectivity index (χ3v) is 15.8. The van der Waals surface area contributed by atoms with Crippen LogP contribution in [-0.2, 0) is 19.1 Å². The summed E-state index contributed by atoms with van der Waals surface area (Å²) in [7, 11) is 0. The number of carbonyl (C=O) groups is 3. The SMILES string of the molecule is C=C(C)[C@@H]1CC[C@]2(CCNC(=O)C(F)(F)F)CC[C@]3(C)[C@H](CC[C@@H]4[C@@]5(C)CC[C@H](OC(=O)CC(C)(C)C(=O)O)C(C)(C)[C@@H]5CC[C@]43C)[C@@H]12. The van der Waals surface area contributed by atoms with Gasteiger partial charge in [-0.15, -0.1) is 0 Å². The molecule has 0 unspecified atom stereocenters. The van der Waals surface area contributed by atoms with Gasteiger partial charge in [0.15, 0.2) is 0 Å². The van der Waals surface area contributed by atoms with Gasteiger partial charge in [0.2, 0.25) is 0 Å². The van der Waals surface area contributed by atoms with E-state index in [0.29, 0.717) is 36.0 Å². The summed E-state index contributed by atoms with van der Waals surface area (Å²) in [5.41, 5.74) is -0.124. The molecule has 5 aliphatic carbocycles. The largest absolute Gasteiger partial charge is 0.481 e. The molecule has 5 rings (SSSR count). The number of halogens is 3. The van der Waals surface area contributed by atoms with E-state index in [1.807, 2.05) is 0 Å². The van der Waals surface area contributed by atoms with Gasteiger partial charge in [0, 0.05) is 12.0 Å². The number of allylic oxidation sites excluding steroid dienone is 1. The summed E-state index contributed by atoms with van der Waals surface area (Å²) in [6, 6.07) is 0. The van der Waals surface area contributed by atoms with Crippen molar-refractivity contribution in [3.8, 4) is 0 Å². The molecule has 0 aromatic carbocycles. The highest BCUT2D eigenvalue weighted by Crippen LogP contribution is 2.78. The van der Waals surface area contributed by atoms with Gasteiger partial charge >= 0.3 is 24.0 Å². The minimum absolute atomic E-state index is 0.0511. The van der Waals surface area contributed by atoms with Crippen molar-refractivity contribution in [2.24, 2.45) is 62.1 Å². The summed E-state index contributed by atoms with van der Waals surface area (Å²) in [6.07, 6.45) is 5.34. The van der Waals surface area contributed by atoms with Gasteiger partial charge in [0.1, 0.15) is 6.10 Å². The van der Waals surface area contributed by atoms with Crippen LogP contribution in [0.5, 0.6) is 0 Å². The van der Waals surface area contributed by atoms with Crippen LogP contribution in [0.4, 0.5) is 13.2 Å². The van der Waals surface area contributed by atoms with Gasteiger partial charge < -0.3 is 15.2 Å². The Hall–Kier alpha value is -2.06. The number of amides is 1. The molecule has 2 N–H and O–H groups in total. The number of aliphatic carboxylic acids is 1. The number of carboxylic acid groups (broad SMARTS) is 1. The molecule has 6 nitrogen and oxygen atoms in total. The van der Waals surface area contributed by atoms with E-state index in [2.05, 4.69) is 53.4 Å². The molecule has 0 saturated heterocycles. The van der Waals surface area contributed by atoms with E-state index in [1.165, 1.54) is 5.57 Å². The Morgan fingerprint density at radius 2 is 1.54 bits per heavy atom. The Bertz CT molecular complexity index is 1320. The summed E-state index contributed by atoms with van der Waals surface area (Å²) in [6.45, 7) is 21.7. The molecule has 0 aromatic rings. The molecule has 0 aromatic heterocycles. The van der Waals surface area contributed by atoms with Crippen LogP contribution < -0.4 is 5.32 Å². The fraction of sp³-hybridized carbons (Fsp3) is 0.872. The maximum atomic E-state index is 13.0. The minimum atomic E-state index is -4.87. The summed E-state index contributed by atoms with van der Waals surface area (Å²) < 4.78 is 45.2. The van der Waals surface area contributed by atoms with E-state index in [4.69, 9.17) is 4.74 Å². The number of carbonyl (C=O) groups excluding carboxylic acids is 2. The van der Waals surface area contributed by atoms with E-state index >= 15 is 0 Å². The quantitative estimate of drug-likeness (QED) is 0.197. The molecule has 1 amide bonds. The second-order valence-corrected chi connectivity index (χ2v) is 18.8. The highest BCUT2D eigenvalue weighted by atomic mass is 19.4. The molecule has 5 saturated carbocycles. The van der Waals surface area contributed by atoms with Crippen LogP contribution in [0.15, 0.2) is 12.2 Å². The van der Waals surface area contributed by atoms with Gasteiger partial charge in [-0.05, 0) is 143 Å². The number of fused-ring (bicyclic) bond motifs is 7. The van der Waals surface area contributed by atoms with Crippen LogP contribution in [0.2, 0.25) is 0 Å². The number of rotatable bonds is 8. The number of carboxylic acids is 1. The molecule has 9 heteroatoms. The van der Waals surface area contributed by atoms with Crippen molar-refractivity contribution in [2.45, 2.75) is 145 Å². The zero-order valence-corrected chi connectivity index (χ0v) is 30.6. The normalized spacial score (nSPS) is 42.0. The number of hydrogen-bond acceptors (Lipinski definition) is 4. The second kappa shape index (κ2) is 12.0. The zero-order valence-electron chi connectivity index (χ0n) is 30.6. The van der Waals surface area contributed by atoms with Crippen LogP contribution in [0.1, 0.15) is 132 Å². The Kier molecular flexibility index (Phi) is 9.32. The third-order valence-electron chi connectivity index (χ3n) is 15.8. The first-order chi connectivity index (χ1) is 22.0. The summed E-state index contributed by atoms with van der Waals surface area (Å²) in [4.78, 5) is 36.4. The maximum absolute atomic E-state index is 13.0. The van der Waals surface area contributed by atoms with E-state index in [9.17, 15) is 32.7 Å². The molecule has 5 fully saturated rings. The molecule has 272 valence electrons. The van der Waals surface area contributed by atoms with Gasteiger partial charge in [-0.1, -0.05) is 46.8 Å². The molecule has 0 aliphatic heterocycles. The van der Waals surface area contributed by atoms with Crippen LogP contribution in [0.25, 0.3) is 0 Å². The minimum Gasteiger partial charge on any atom is -0.481 e. The van der Waals surface area contributed by atoms with Crippen LogP contribution in [0, 0.1) is 62.1 Å². The highest BCUT2D eigenvalue weighted by molar-refractivity contribution is 5.82. The monoisotopic (exact) mass is 679 g/mol. The number of alkyl halides is 3. The van der Waals surface area contributed by atoms with Crippen LogP contribution in [0.3, 0.4) is 0 Å². The molecular weight excluding hydrogens is 619 g/mol. The second-order valence-electron chi connectivity index (χ2n) is 18.8. The standard InChI is InChI=1S/C39H60F3NO5/c1-23(2)24-12-17-38(20-21-43-31(45)39(40,41)42)19-18-36(8)25(30(24)38)10-11-27-35(7)15-14-28(48-29(44)22-33(3,4)32(46)47)34(5,6)26(35)13-16-37(27,36)9/h24-28,30H,1,10-22H2,2-9H3,(H,43,45)(H,46,47)/t24-,25+,26-,27+,28-,30+,35-,36+,37+,38+/m0/s1. The first-order valence-electron chi connectivity index (χ1n) is 18.4. The molecule has 0 heterocycles. The van der Waals surface area contributed by atoms with Crippen molar-refractivity contribution < 1.29 is 37.4 Å². The van der Waals surface area contributed by atoms with E-state index in [0.717, 1.165) is 64.2 Å². The van der Waals surface area contributed by atoms with Gasteiger partial charge in [-0.2, -0.15) is 13.2 Å². The van der Waals surface area contributed by atoms with Crippen molar-refractivity contribution in [3.05, 3.63) is 12.2 Å². The van der Waals surface area contributed by atoms with E-state index in [1.54, 1.807) is 13.8 Å². The van der Waals surface area contributed by atoms with Crippen molar-refractivity contribution in [3.63, 3.8) is 0 Å². The third kappa shape index (κ3) is 5.73. The van der Waals surface area contributed by atoms with Crippen LogP contribution >= 0.6 is 0 Å². The molecular formula is C39H60F3NO5. The predicted molar refractivity (Wildman–Crippen MR) is 179 cm³/mol. The average Bonchev–Trinajstić information content (AvgIpc) is 3.34. The fourth-order valence-electron chi connectivity index (χ4n) is 13.1. The molecule has 48 heavy (non-hydrogen) atoms. The molecule has 0 radical (unpaired) electrons. The van der Waals surface area contributed by atoms with Gasteiger partial charge in [0.25, 0.3) is 0 Å². The van der Waals surface area contributed by atoms with Gasteiger partial charge in [-0.25, -0.2) is 0 Å². The van der Waals surface area contributed by atoms with Crippen molar-refractivity contribution in [1.82, 2.24) is 5.32 Å². The summed E-state index contributed by atoms with van der Waals surface area (Å²) in [5, 5.41) is 11.7. The lowest BCUT2D eigenvalue weighted by Crippen LogP contribution is -2.66. The zero-order chi connectivity index (χ0) is 35.9. The van der Waals surface area contributed by atoms with E-state index in [-0.39, 0.29) is 46.1 Å². The molecule has 0 spiro atoms. The molecule has 5 aliphatic rings. The lowest BCUT2D eigenvalue weighted by Gasteiger charge is -2.73. The van der Waals surface area contributed by atoms with Crippen molar-refractivity contribution >= 4 is 17.8 Å². The number of hydrogen-bond donors (Lipinski definition) is 2. The topological polar surface area (TPSA) is 92.7 Å². The van der Waals surface area contributed by atoms with Gasteiger partial charge in [-0.3, -0.25) is 14.4 Å². The number of ether oxygens (including phenoxy) is 1. The van der Waals surface area contributed by atoms with Crippen molar-refractivity contribution in [1.29, 1.82) is 0 Å². The fourth-order valence-corrected chi connectivity index (χ4v) is 13.1. The predicted octanol–water partition coefficient (Wildman–Crippen LogP) is 9.13. The molecule has 0 bridgehead atoms. The average molecular weight is 680 g/mol. The lowest BCUT2D eigenvalue weighted by molar-refractivity contribution is -0.250. The first kappa shape index (κ1) is 37.2. The lowest BCUT2D eigenvalue weighted by atomic mass is 9.32. The Morgan fingerprint density at radius 1 is 0.875 bits per heavy atom. The van der Waals surface area contributed by atoms with E-state index < -0.39 is 29.4 Å². The summed E-state index contributed by atoms with van der Waals surface area (Å²) >= 11 is 0. The molecule has 10 atom stereocenters. The van der Waals surface area contributed by atoms with Crippen LogP contribution in [-0.4, -0.2) is 41.8 Å². The first-order valence-corrected chi connectivity index (χ1v) is 18.4. The van der Waals surface area contributed by atoms with Crippen molar-refractivity contribution in [2.75, 3.05) is 6.54 Å². The van der Waals surface area contributed by atoms with Gasteiger partial charge in [0.05, 0.1) is 11.8 Å². The number of esters is 1. The number of nitrogens with one attached hydrogen (secondary N) is 1. The maximum Gasteiger partial charge on any atom is 0.471 e. The Labute approximate surface area is 285 Å². The Balaban J connectivity index is 1.38. The summed E-state index contributed by atoms with van der Waals surface area (Å²) in [5.74, 6) is -1.31. The Morgan fingerprint density at radius 3 is 2.15 bits per heavy atom. The highest BCUT2D eigenvalue weighted by Gasteiger charge is 2.71.